The highest BCUT2D eigenvalue weighted by Gasteiger charge is 2.38. The zero-order chi connectivity index (χ0) is 24.4. The second-order valence-corrected chi connectivity index (χ2v) is 7.74. The van der Waals surface area contributed by atoms with E-state index < -0.39 is 22.8 Å². The third kappa shape index (κ3) is 4.29. The number of ether oxygens (including phenoxy) is 4. The van der Waals surface area contributed by atoms with Crippen molar-refractivity contribution in [2.45, 2.75) is 26.4 Å². The largest absolute Gasteiger partial charge is 0.466 e. The van der Waals surface area contributed by atoms with E-state index in [2.05, 4.69) is 5.32 Å². The predicted octanol–water partition coefficient (Wildman–Crippen LogP) is 3.47. The Morgan fingerprint density at radius 2 is 1.76 bits per heavy atom. The molecule has 0 amide bonds. The number of nitro benzene ring substituents is 1. The average Bonchev–Trinajstić information content (AvgIpc) is 3.29. The fraction of sp³-hybridized carbons (Fsp3) is 0.250. The maximum atomic E-state index is 13.3. The van der Waals surface area contributed by atoms with Crippen LogP contribution in [0.3, 0.4) is 0 Å². The molecule has 10 heteroatoms. The quantitative estimate of drug-likeness (QED) is 0.387. The van der Waals surface area contributed by atoms with Gasteiger partial charge in [0.25, 0.3) is 5.69 Å². The number of nitrogens with zero attached hydrogens (tertiary/aromatic N) is 1. The molecule has 2 aliphatic heterocycles. The standard InChI is InChI=1S/C24H22N2O8/c1-13-20(23(27)31-3)22(16-5-4-6-17(10-16)26(29)30)21(14(2)25-13)24(28)32-11-15-7-8-18-19(9-15)34-12-33-18/h4-10,22,25H,11-12H2,1-3H3. The van der Waals surface area contributed by atoms with Crippen molar-refractivity contribution in [3.8, 4) is 11.5 Å². The number of rotatable bonds is 6. The minimum Gasteiger partial charge on any atom is -0.466 e. The van der Waals surface area contributed by atoms with Crippen LogP contribution in [0.15, 0.2) is 65.0 Å². The molecule has 2 heterocycles. The number of dihydropyridines is 1. The number of fused-ring (bicyclic) bond motifs is 1. The Labute approximate surface area is 194 Å². The molecule has 0 saturated heterocycles. The first-order chi connectivity index (χ1) is 16.3. The van der Waals surface area contributed by atoms with E-state index in [-0.39, 0.29) is 30.2 Å². The van der Waals surface area contributed by atoms with Gasteiger partial charge in [-0.15, -0.1) is 0 Å². The number of benzene rings is 2. The summed E-state index contributed by atoms with van der Waals surface area (Å²) < 4.78 is 21.2. The molecule has 1 N–H and O–H groups in total. The predicted molar refractivity (Wildman–Crippen MR) is 119 cm³/mol. The van der Waals surface area contributed by atoms with Crippen molar-refractivity contribution >= 4 is 17.6 Å². The molecule has 0 spiro atoms. The Balaban J connectivity index is 1.68. The first kappa shape index (κ1) is 22.8. The molecular weight excluding hydrogens is 444 g/mol. The number of hydrogen-bond donors (Lipinski definition) is 1. The highest BCUT2D eigenvalue weighted by molar-refractivity contribution is 5.99. The van der Waals surface area contributed by atoms with Gasteiger partial charge in [-0.3, -0.25) is 10.1 Å². The van der Waals surface area contributed by atoms with Gasteiger partial charge in [0.15, 0.2) is 11.5 Å². The highest BCUT2D eigenvalue weighted by atomic mass is 16.7. The number of nitro groups is 1. The van der Waals surface area contributed by atoms with Gasteiger partial charge in [-0.2, -0.15) is 0 Å². The van der Waals surface area contributed by atoms with E-state index in [1.807, 2.05) is 0 Å². The smallest absolute Gasteiger partial charge is 0.337 e. The summed E-state index contributed by atoms with van der Waals surface area (Å²) in [5.41, 5.74) is 2.20. The zero-order valence-corrected chi connectivity index (χ0v) is 18.7. The Bertz CT molecular complexity index is 1250. The first-order valence-corrected chi connectivity index (χ1v) is 10.4. The third-order valence-corrected chi connectivity index (χ3v) is 5.61. The lowest BCUT2D eigenvalue weighted by Crippen LogP contribution is -2.32. The number of non-ortho nitro benzene ring substituents is 1. The van der Waals surface area contributed by atoms with Crippen molar-refractivity contribution in [3.05, 3.63) is 86.2 Å². The monoisotopic (exact) mass is 466 g/mol. The molecule has 34 heavy (non-hydrogen) atoms. The molecule has 0 saturated carbocycles. The van der Waals surface area contributed by atoms with Gasteiger partial charge >= 0.3 is 11.9 Å². The Hall–Kier alpha value is -4.34. The van der Waals surface area contributed by atoms with Gasteiger partial charge in [0, 0.05) is 23.5 Å². The minimum absolute atomic E-state index is 0.0514. The molecule has 0 radical (unpaired) electrons. The van der Waals surface area contributed by atoms with E-state index in [1.54, 1.807) is 38.1 Å². The summed E-state index contributed by atoms with van der Waals surface area (Å²) in [7, 11) is 1.23. The minimum atomic E-state index is -0.919. The van der Waals surface area contributed by atoms with Gasteiger partial charge in [-0.1, -0.05) is 18.2 Å². The molecule has 1 atom stereocenters. The van der Waals surface area contributed by atoms with Gasteiger partial charge in [0.1, 0.15) is 6.61 Å². The fourth-order valence-electron chi connectivity index (χ4n) is 4.05. The molecule has 10 nitrogen and oxygen atoms in total. The summed E-state index contributed by atoms with van der Waals surface area (Å²) in [5.74, 6) is -1.08. The molecule has 0 aromatic heterocycles. The van der Waals surface area contributed by atoms with Crippen LogP contribution in [-0.4, -0.2) is 30.8 Å². The van der Waals surface area contributed by atoms with E-state index in [1.165, 1.54) is 25.3 Å². The maximum Gasteiger partial charge on any atom is 0.337 e. The van der Waals surface area contributed by atoms with Crippen molar-refractivity contribution < 1.29 is 33.5 Å². The molecule has 2 aromatic rings. The van der Waals surface area contributed by atoms with Crippen molar-refractivity contribution in [2.24, 2.45) is 0 Å². The molecule has 2 aromatic carbocycles. The molecule has 1 unspecified atom stereocenters. The van der Waals surface area contributed by atoms with Crippen LogP contribution in [0, 0.1) is 10.1 Å². The van der Waals surface area contributed by atoms with E-state index in [0.29, 0.717) is 34.0 Å². The third-order valence-electron chi connectivity index (χ3n) is 5.61. The first-order valence-electron chi connectivity index (χ1n) is 10.4. The summed E-state index contributed by atoms with van der Waals surface area (Å²) in [5, 5.41) is 14.4. The van der Waals surface area contributed by atoms with Crippen LogP contribution in [0.25, 0.3) is 0 Å². The van der Waals surface area contributed by atoms with Crippen LogP contribution in [0.5, 0.6) is 11.5 Å². The molecule has 4 rings (SSSR count). The lowest BCUT2D eigenvalue weighted by molar-refractivity contribution is -0.384. The van der Waals surface area contributed by atoms with Crippen LogP contribution < -0.4 is 14.8 Å². The second-order valence-electron chi connectivity index (χ2n) is 7.74. The maximum absolute atomic E-state index is 13.3. The summed E-state index contributed by atoms with van der Waals surface area (Å²) in [4.78, 5) is 36.8. The number of methoxy groups -OCH3 is 1. The number of carbonyl (C=O) groups is 2. The number of esters is 2. The van der Waals surface area contributed by atoms with Gasteiger partial charge in [0.05, 0.1) is 29.1 Å². The molecule has 0 fully saturated rings. The van der Waals surface area contributed by atoms with Crippen LogP contribution in [-0.2, 0) is 25.7 Å². The van der Waals surface area contributed by atoms with Gasteiger partial charge < -0.3 is 24.3 Å². The zero-order valence-electron chi connectivity index (χ0n) is 18.7. The van der Waals surface area contributed by atoms with Gasteiger partial charge in [-0.05, 0) is 37.1 Å². The van der Waals surface area contributed by atoms with Gasteiger partial charge in [0.2, 0.25) is 6.79 Å². The summed E-state index contributed by atoms with van der Waals surface area (Å²) >= 11 is 0. The van der Waals surface area contributed by atoms with Crippen molar-refractivity contribution in [1.82, 2.24) is 5.32 Å². The fourth-order valence-corrected chi connectivity index (χ4v) is 4.05. The summed E-state index contributed by atoms with van der Waals surface area (Å²) in [6.07, 6.45) is 0. The van der Waals surface area contributed by atoms with Crippen LogP contribution in [0.4, 0.5) is 5.69 Å². The Morgan fingerprint density at radius 3 is 2.47 bits per heavy atom. The van der Waals surface area contributed by atoms with Crippen LogP contribution in [0.2, 0.25) is 0 Å². The van der Waals surface area contributed by atoms with E-state index >= 15 is 0 Å². The van der Waals surface area contributed by atoms with Crippen molar-refractivity contribution in [3.63, 3.8) is 0 Å². The normalized spacial score (nSPS) is 16.7. The van der Waals surface area contributed by atoms with Crippen molar-refractivity contribution in [1.29, 1.82) is 0 Å². The van der Waals surface area contributed by atoms with Gasteiger partial charge in [-0.25, -0.2) is 9.59 Å². The van der Waals surface area contributed by atoms with Crippen LogP contribution in [0.1, 0.15) is 30.9 Å². The Morgan fingerprint density at radius 1 is 1.06 bits per heavy atom. The van der Waals surface area contributed by atoms with E-state index in [0.717, 1.165) is 0 Å². The average molecular weight is 466 g/mol. The van der Waals surface area contributed by atoms with E-state index in [4.69, 9.17) is 18.9 Å². The molecule has 2 aliphatic rings. The summed E-state index contributed by atoms with van der Waals surface area (Å²) in [6.45, 7) is 3.43. The number of hydrogen-bond acceptors (Lipinski definition) is 9. The number of allylic oxidation sites excluding steroid dienone is 2. The summed E-state index contributed by atoms with van der Waals surface area (Å²) in [6, 6.07) is 11.0. The second kappa shape index (κ2) is 9.26. The lowest BCUT2D eigenvalue weighted by Gasteiger charge is -2.30. The topological polar surface area (TPSA) is 126 Å². The van der Waals surface area contributed by atoms with E-state index in [9.17, 15) is 19.7 Å². The molecule has 0 bridgehead atoms. The number of nitrogens with one attached hydrogen (secondary N) is 1. The lowest BCUT2D eigenvalue weighted by atomic mass is 9.80. The SMILES string of the molecule is COC(=O)C1=C(C)NC(C)=C(C(=O)OCc2ccc3c(c2)OCO3)C1c1cccc([N+](=O)[O-])c1. The van der Waals surface area contributed by atoms with Crippen molar-refractivity contribution in [2.75, 3.05) is 13.9 Å². The molecular formula is C24H22N2O8. The highest BCUT2D eigenvalue weighted by Crippen LogP contribution is 2.40. The van der Waals surface area contributed by atoms with Crippen LogP contribution >= 0.6 is 0 Å². The number of carbonyl (C=O) groups excluding carboxylic acids is 2. The molecule has 176 valence electrons. The Kier molecular flexibility index (Phi) is 6.22. The molecule has 0 aliphatic carbocycles.